The summed E-state index contributed by atoms with van der Waals surface area (Å²) in [5.41, 5.74) is 9.60. The lowest BCUT2D eigenvalue weighted by molar-refractivity contribution is 0.629. The van der Waals surface area contributed by atoms with Crippen LogP contribution in [0, 0.1) is 6.92 Å². The number of hydrogen-bond donors (Lipinski definition) is 2. The molecule has 0 aliphatic rings. The molecule has 0 radical (unpaired) electrons. The van der Waals surface area contributed by atoms with Gasteiger partial charge < -0.3 is 11.1 Å². The van der Waals surface area contributed by atoms with Crippen LogP contribution >= 0.6 is 11.3 Å². The number of anilines is 1. The van der Waals surface area contributed by atoms with E-state index < -0.39 is 0 Å². The van der Waals surface area contributed by atoms with Crippen LogP contribution in [0.2, 0.25) is 0 Å². The van der Waals surface area contributed by atoms with E-state index in [-0.39, 0.29) is 6.04 Å². The average Bonchev–Trinajstić information content (AvgIpc) is 2.74. The zero-order valence-electron chi connectivity index (χ0n) is 10.1. The highest BCUT2D eigenvalue weighted by Gasteiger charge is 2.18. The van der Waals surface area contributed by atoms with Gasteiger partial charge in [-0.05, 0) is 41.4 Å². The number of aryl methyl sites for hydroxylation is 1. The van der Waals surface area contributed by atoms with Crippen LogP contribution in [-0.2, 0) is 0 Å². The second kappa shape index (κ2) is 5.29. The fourth-order valence-corrected chi connectivity index (χ4v) is 2.81. The molecule has 1 unspecified atom stereocenters. The Morgan fingerprint density at radius 2 is 2.24 bits per heavy atom. The maximum Gasteiger partial charge on any atom is 0.128 e. The largest absolute Gasteiger partial charge is 0.383 e. The Morgan fingerprint density at radius 3 is 2.82 bits per heavy atom. The topological polar surface area (TPSA) is 50.9 Å². The summed E-state index contributed by atoms with van der Waals surface area (Å²) in [6, 6.07) is 4.10. The van der Waals surface area contributed by atoms with Gasteiger partial charge in [0.15, 0.2) is 0 Å². The molecule has 1 atom stereocenters. The van der Waals surface area contributed by atoms with Crippen molar-refractivity contribution < 1.29 is 0 Å². The zero-order chi connectivity index (χ0) is 12.3. The lowest BCUT2D eigenvalue weighted by atomic mass is 9.99. The van der Waals surface area contributed by atoms with Crippen molar-refractivity contribution in [3.8, 4) is 0 Å². The van der Waals surface area contributed by atoms with E-state index in [0.29, 0.717) is 5.82 Å². The van der Waals surface area contributed by atoms with Gasteiger partial charge in [0.2, 0.25) is 0 Å². The van der Waals surface area contributed by atoms with Crippen molar-refractivity contribution in [3.63, 3.8) is 0 Å². The number of hydrogen-bond acceptors (Lipinski definition) is 4. The van der Waals surface area contributed by atoms with E-state index in [1.54, 1.807) is 17.5 Å². The van der Waals surface area contributed by atoms with Crippen LogP contribution in [0.4, 0.5) is 5.82 Å². The molecule has 3 nitrogen and oxygen atoms in total. The summed E-state index contributed by atoms with van der Waals surface area (Å²) in [5.74, 6) is 0.601. The van der Waals surface area contributed by atoms with Gasteiger partial charge in [-0.15, -0.1) is 0 Å². The predicted molar refractivity (Wildman–Crippen MR) is 73.2 cm³/mol. The van der Waals surface area contributed by atoms with E-state index in [0.717, 1.165) is 12.1 Å². The van der Waals surface area contributed by atoms with Crippen LogP contribution < -0.4 is 11.1 Å². The quantitative estimate of drug-likeness (QED) is 0.873. The Morgan fingerprint density at radius 1 is 1.41 bits per heavy atom. The van der Waals surface area contributed by atoms with E-state index >= 15 is 0 Å². The SMILES string of the molecule is CCNC(c1cscc1C)c1cccnc1N. The molecular formula is C13H17N3S. The third-order valence-electron chi connectivity index (χ3n) is 2.80. The van der Waals surface area contributed by atoms with E-state index in [9.17, 15) is 0 Å². The lowest BCUT2D eigenvalue weighted by Crippen LogP contribution is -2.23. The average molecular weight is 247 g/mol. The molecule has 0 bridgehead atoms. The van der Waals surface area contributed by atoms with Crippen molar-refractivity contribution in [1.29, 1.82) is 0 Å². The first-order chi connectivity index (χ1) is 8.24. The maximum absolute atomic E-state index is 5.96. The fourth-order valence-electron chi connectivity index (χ4n) is 1.93. The first-order valence-electron chi connectivity index (χ1n) is 5.70. The summed E-state index contributed by atoms with van der Waals surface area (Å²) in [7, 11) is 0. The highest BCUT2D eigenvalue weighted by molar-refractivity contribution is 7.08. The highest BCUT2D eigenvalue weighted by Crippen LogP contribution is 2.29. The second-order valence-corrected chi connectivity index (χ2v) is 4.72. The van der Waals surface area contributed by atoms with E-state index in [1.165, 1.54) is 11.1 Å². The van der Waals surface area contributed by atoms with Crippen molar-refractivity contribution >= 4 is 17.2 Å². The Bertz CT molecular complexity index is 493. The van der Waals surface area contributed by atoms with Gasteiger partial charge in [-0.25, -0.2) is 4.98 Å². The van der Waals surface area contributed by atoms with Crippen LogP contribution in [0.25, 0.3) is 0 Å². The van der Waals surface area contributed by atoms with Gasteiger partial charge in [-0.3, -0.25) is 0 Å². The molecule has 90 valence electrons. The molecule has 17 heavy (non-hydrogen) atoms. The minimum atomic E-state index is 0.139. The Kier molecular flexibility index (Phi) is 3.76. The summed E-state index contributed by atoms with van der Waals surface area (Å²) in [5, 5.41) is 7.80. The summed E-state index contributed by atoms with van der Waals surface area (Å²) in [6.45, 7) is 5.12. The molecule has 0 saturated heterocycles. The van der Waals surface area contributed by atoms with Crippen molar-refractivity contribution in [3.05, 3.63) is 45.8 Å². The molecule has 4 heteroatoms. The predicted octanol–water partition coefficient (Wildman–Crippen LogP) is 2.73. The Labute approximate surface area is 106 Å². The molecule has 0 spiro atoms. The van der Waals surface area contributed by atoms with Crippen molar-refractivity contribution in [2.24, 2.45) is 0 Å². The second-order valence-electron chi connectivity index (χ2n) is 3.98. The summed E-state index contributed by atoms with van der Waals surface area (Å²) in [6.07, 6.45) is 1.72. The fraction of sp³-hybridized carbons (Fsp3) is 0.308. The molecule has 0 aromatic carbocycles. The maximum atomic E-state index is 5.96. The Hall–Kier alpha value is -1.39. The van der Waals surface area contributed by atoms with Gasteiger partial charge in [-0.2, -0.15) is 11.3 Å². The third kappa shape index (κ3) is 2.48. The minimum Gasteiger partial charge on any atom is -0.383 e. The van der Waals surface area contributed by atoms with Crippen LogP contribution in [-0.4, -0.2) is 11.5 Å². The number of pyridine rings is 1. The Balaban J connectivity index is 2.43. The van der Waals surface area contributed by atoms with Gasteiger partial charge in [0.25, 0.3) is 0 Å². The van der Waals surface area contributed by atoms with Gasteiger partial charge in [0.1, 0.15) is 5.82 Å². The molecule has 0 fully saturated rings. The number of nitrogens with zero attached hydrogens (tertiary/aromatic N) is 1. The number of thiophene rings is 1. The van der Waals surface area contributed by atoms with Gasteiger partial charge in [0.05, 0.1) is 6.04 Å². The highest BCUT2D eigenvalue weighted by atomic mass is 32.1. The van der Waals surface area contributed by atoms with E-state index in [2.05, 4.69) is 34.9 Å². The standard InChI is InChI=1S/C13H17N3S/c1-3-15-12(11-8-17-7-9(11)2)10-5-4-6-16-13(10)14/h4-8,12,15H,3H2,1-2H3,(H2,14,16). The third-order valence-corrected chi connectivity index (χ3v) is 3.68. The summed E-state index contributed by atoms with van der Waals surface area (Å²) >= 11 is 1.72. The molecule has 2 rings (SSSR count). The molecule has 2 heterocycles. The van der Waals surface area contributed by atoms with Crippen molar-refractivity contribution in [2.45, 2.75) is 19.9 Å². The van der Waals surface area contributed by atoms with E-state index in [1.807, 2.05) is 12.1 Å². The monoisotopic (exact) mass is 247 g/mol. The van der Waals surface area contributed by atoms with Gasteiger partial charge >= 0.3 is 0 Å². The zero-order valence-corrected chi connectivity index (χ0v) is 10.9. The molecule has 0 amide bonds. The van der Waals surface area contributed by atoms with Crippen molar-refractivity contribution in [2.75, 3.05) is 12.3 Å². The number of nitrogens with two attached hydrogens (primary N) is 1. The van der Waals surface area contributed by atoms with Gasteiger partial charge in [-0.1, -0.05) is 13.0 Å². The number of nitrogen functional groups attached to an aromatic ring is 1. The normalized spacial score (nSPS) is 12.6. The molecule has 0 saturated carbocycles. The number of rotatable bonds is 4. The molecule has 0 aliphatic carbocycles. The van der Waals surface area contributed by atoms with Crippen molar-refractivity contribution in [1.82, 2.24) is 10.3 Å². The molecular weight excluding hydrogens is 230 g/mol. The molecule has 0 aliphatic heterocycles. The van der Waals surface area contributed by atoms with Gasteiger partial charge in [0, 0.05) is 11.8 Å². The first kappa shape index (κ1) is 12.1. The van der Waals surface area contributed by atoms with E-state index in [4.69, 9.17) is 5.73 Å². The molecule has 2 aromatic heterocycles. The summed E-state index contributed by atoms with van der Waals surface area (Å²) < 4.78 is 0. The number of aromatic nitrogens is 1. The van der Waals surface area contributed by atoms with Crippen LogP contribution in [0.1, 0.15) is 29.7 Å². The number of nitrogens with one attached hydrogen (secondary N) is 1. The first-order valence-corrected chi connectivity index (χ1v) is 6.64. The molecule has 3 N–H and O–H groups in total. The van der Waals surface area contributed by atoms with Crippen LogP contribution in [0.3, 0.4) is 0 Å². The summed E-state index contributed by atoms with van der Waals surface area (Å²) in [4.78, 5) is 4.16. The minimum absolute atomic E-state index is 0.139. The van der Waals surface area contributed by atoms with Crippen LogP contribution in [0.15, 0.2) is 29.1 Å². The molecule has 2 aromatic rings. The smallest absolute Gasteiger partial charge is 0.128 e. The van der Waals surface area contributed by atoms with Crippen LogP contribution in [0.5, 0.6) is 0 Å². The lowest BCUT2D eigenvalue weighted by Gasteiger charge is -2.19.